The molecule has 0 aliphatic rings. The van der Waals surface area contributed by atoms with Gasteiger partial charge in [0, 0.05) is 12.1 Å². The molecule has 0 aliphatic carbocycles. The van der Waals surface area contributed by atoms with Gasteiger partial charge in [0.2, 0.25) is 0 Å². The summed E-state index contributed by atoms with van der Waals surface area (Å²) >= 11 is 6.33. The smallest absolute Gasteiger partial charge is 0.179 e. The number of nitrogens with two attached hydrogens (primary N) is 1. The molecule has 114 valence electrons. The van der Waals surface area contributed by atoms with Gasteiger partial charge in [0.25, 0.3) is 0 Å². The highest BCUT2D eigenvalue weighted by Crippen LogP contribution is 2.40. The fourth-order valence-corrected chi connectivity index (χ4v) is 2.14. The summed E-state index contributed by atoms with van der Waals surface area (Å²) in [5, 5.41) is 9.92. The van der Waals surface area contributed by atoms with E-state index in [0.29, 0.717) is 22.1 Å². The van der Waals surface area contributed by atoms with Crippen LogP contribution in [0.15, 0.2) is 12.1 Å². The number of ether oxygens (including phenoxy) is 3. The monoisotopic (exact) mass is 303 g/mol. The Bertz CT molecular complexity index is 439. The van der Waals surface area contributed by atoms with Crippen molar-refractivity contribution in [3.63, 3.8) is 0 Å². The first-order valence-corrected chi connectivity index (χ1v) is 6.78. The van der Waals surface area contributed by atoms with E-state index >= 15 is 0 Å². The predicted molar refractivity (Wildman–Crippen MR) is 78.6 cm³/mol. The Morgan fingerprint density at radius 2 is 1.90 bits per heavy atom. The molecule has 0 spiro atoms. The van der Waals surface area contributed by atoms with Crippen LogP contribution in [0.25, 0.3) is 0 Å². The van der Waals surface area contributed by atoms with E-state index in [4.69, 9.17) is 31.5 Å². The van der Waals surface area contributed by atoms with Gasteiger partial charge in [-0.05, 0) is 19.9 Å². The van der Waals surface area contributed by atoms with Crippen LogP contribution in [0.1, 0.15) is 25.5 Å². The first-order chi connectivity index (χ1) is 9.46. The number of halogens is 1. The minimum atomic E-state index is -0.594. The zero-order chi connectivity index (χ0) is 15.3. The molecule has 1 aromatic rings. The summed E-state index contributed by atoms with van der Waals surface area (Å²) in [6.07, 6.45) is -1.37. The molecule has 0 bridgehead atoms. The summed E-state index contributed by atoms with van der Waals surface area (Å²) in [6.45, 7) is 3.68. The summed E-state index contributed by atoms with van der Waals surface area (Å²) in [7, 11) is 3.06. The minimum Gasteiger partial charge on any atom is -0.493 e. The molecule has 0 fully saturated rings. The van der Waals surface area contributed by atoms with Crippen LogP contribution in [0.5, 0.6) is 11.5 Å². The van der Waals surface area contributed by atoms with E-state index < -0.39 is 12.2 Å². The molecular formula is C14H22ClNO4. The van der Waals surface area contributed by atoms with Crippen LogP contribution in [-0.4, -0.2) is 38.1 Å². The van der Waals surface area contributed by atoms with Crippen LogP contribution < -0.4 is 15.2 Å². The molecule has 1 rings (SSSR count). The van der Waals surface area contributed by atoms with Crippen molar-refractivity contribution in [2.75, 3.05) is 20.8 Å². The minimum absolute atomic E-state index is 0.242. The molecule has 0 amide bonds. The van der Waals surface area contributed by atoms with Crippen LogP contribution in [0.3, 0.4) is 0 Å². The van der Waals surface area contributed by atoms with Crippen molar-refractivity contribution in [2.45, 2.75) is 32.2 Å². The molecule has 6 heteroatoms. The summed E-state index contributed by atoms with van der Waals surface area (Å²) in [5.41, 5.74) is 6.45. The third-order valence-electron chi connectivity index (χ3n) is 3.13. The van der Waals surface area contributed by atoms with E-state index in [1.54, 1.807) is 33.1 Å². The van der Waals surface area contributed by atoms with E-state index in [-0.39, 0.29) is 12.6 Å². The Kier molecular flexibility index (Phi) is 6.55. The van der Waals surface area contributed by atoms with Crippen molar-refractivity contribution < 1.29 is 19.3 Å². The standard InChI is InChI=1S/C14H22ClNO4/c1-8(17)9(2)20-12(7-16)10-5-6-11(18-3)14(19-4)13(10)15/h5-6,8-9,12,17H,7,16H2,1-4H3. The second kappa shape index (κ2) is 7.69. The molecule has 5 nitrogen and oxygen atoms in total. The van der Waals surface area contributed by atoms with Crippen molar-refractivity contribution in [1.29, 1.82) is 0 Å². The van der Waals surface area contributed by atoms with Crippen molar-refractivity contribution in [3.05, 3.63) is 22.7 Å². The van der Waals surface area contributed by atoms with E-state index in [9.17, 15) is 5.11 Å². The maximum absolute atomic E-state index is 9.52. The van der Waals surface area contributed by atoms with Gasteiger partial charge in [0.1, 0.15) is 0 Å². The van der Waals surface area contributed by atoms with Crippen LogP contribution in [0.2, 0.25) is 5.02 Å². The van der Waals surface area contributed by atoms with Crippen molar-refractivity contribution >= 4 is 11.6 Å². The van der Waals surface area contributed by atoms with Gasteiger partial charge >= 0.3 is 0 Å². The molecular weight excluding hydrogens is 282 g/mol. The third-order valence-corrected chi connectivity index (χ3v) is 3.52. The summed E-state index contributed by atoms with van der Waals surface area (Å²) in [4.78, 5) is 0. The summed E-state index contributed by atoms with van der Waals surface area (Å²) in [6, 6.07) is 3.54. The number of hydrogen-bond donors (Lipinski definition) is 2. The third kappa shape index (κ3) is 3.76. The molecule has 1 aromatic carbocycles. The highest BCUT2D eigenvalue weighted by molar-refractivity contribution is 6.33. The van der Waals surface area contributed by atoms with Crippen molar-refractivity contribution in [3.8, 4) is 11.5 Å². The van der Waals surface area contributed by atoms with Crippen molar-refractivity contribution in [2.24, 2.45) is 5.73 Å². The molecule has 0 radical (unpaired) electrons. The SMILES string of the molecule is COc1ccc(C(CN)OC(C)C(C)O)c(Cl)c1OC. The molecule has 3 N–H and O–H groups in total. The van der Waals surface area contributed by atoms with E-state index in [1.165, 1.54) is 7.11 Å². The largest absolute Gasteiger partial charge is 0.493 e. The lowest BCUT2D eigenvalue weighted by Crippen LogP contribution is -2.28. The predicted octanol–water partition coefficient (Wildman–Crippen LogP) is 2.14. The van der Waals surface area contributed by atoms with Gasteiger partial charge in [0.05, 0.1) is 37.6 Å². The second-order valence-corrected chi connectivity index (χ2v) is 4.89. The van der Waals surface area contributed by atoms with E-state index in [1.807, 2.05) is 0 Å². The maximum atomic E-state index is 9.52. The number of aliphatic hydroxyl groups excluding tert-OH is 1. The highest BCUT2D eigenvalue weighted by Gasteiger charge is 2.23. The fraction of sp³-hybridized carbons (Fsp3) is 0.571. The quantitative estimate of drug-likeness (QED) is 0.807. The number of methoxy groups -OCH3 is 2. The topological polar surface area (TPSA) is 73.9 Å². The lowest BCUT2D eigenvalue weighted by molar-refractivity contribution is -0.0591. The van der Waals surface area contributed by atoms with Gasteiger partial charge in [-0.3, -0.25) is 0 Å². The first kappa shape index (κ1) is 17.0. The van der Waals surface area contributed by atoms with Gasteiger partial charge in [-0.2, -0.15) is 0 Å². The van der Waals surface area contributed by atoms with Crippen LogP contribution in [0, 0.1) is 0 Å². The molecule has 0 saturated heterocycles. The Hall–Kier alpha value is -1.01. The fourth-order valence-electron chi connectivity index (χ4n) is 1.78. The highest BCUT2D eigenvalue weighted by atomic mass is 35.5. The lowest BCUT2D eigenvalue weighted by Gasteiger charge is -2.25. The van der Waals surface area contributed by atoms with E-state index in [2.05, 4.69) is 0 Å². The number of aliphatic hydroxyl groups is 1. The van der Waals surface area contributed by atoms with Gasteiger partial charge < -0.3 is 25.1 Å². The van der Waals surface area contributed by atoms with Crippen molar-refractivity contribution in [1.82, 2.24) is 0 Å². The molecule has 0 saturated carbocycles. The normalized spacial score (nSPS) is 15.6. The molecule has 0 heterocycles. The van der Waals surface area contributed by atoms with Gasteiger partial charge in [-0.25, -0.2) is 0 Å². The number of hydrogen-bond acceptors (Lipinski definition) is 5. The van der Waals surface area contributed by atoms with Gasteiger partial charge in [-0.15, -0.1) is 0 Å². The van der Waals surface area contributed by atoms with Crippen LogP contribution in [-0.2, 0) is 4.74 Å². The molecule has 0 aliphatic heterocycles. The zero-order valence-electron chi connectivity index (χ0n) is 12.2. The summed E-state index contributed by atoms with van der Waals surface area (Å²) < 4.78 is 16.2. The molecule has 0 aromatic heterocycles. The van der Waals surface area contributed by atoms with Crippen LogP contribution >= 0.6 is 11.6 Å². The second-order valence-electron chi connectivity index (χ2n) is 4.51. The molecule has 3 unspecified atom stereocenters. The molecule has 3 atom stereocenters. The van der Waals surface area contributed by atoms with Gasteiger partial charge in [-0.1, -0.05) is 17.7 Å². The van der Waals surface area contributed by atoms with Gasteiger partial charge in [0.15, 0.2) is 11.5 Å². The Morgan fingerprint density at radius 1 is 1.25 bits per heavy atom. The first-order valence-electron chi connectivity index (χ1n) is 6.40. The lowest BCUT2D eigenvalue weighted by atomic mass is 10.1. The average Bonchev–Trinajstić information content (AvgIpc) is 2.44. The zero-order valence-corrected chi connectivity index (χ0v) is 13.0. The Labute approximate surface area is 124 Å². The van der Waals surface area contributed by atoms with E-state index in [0.717, 1.165) is 0 Å². The Balaban J connectivity index is 3.10. The summed E-state index contributed by atoms with van der Waals surface area (Å²) in [5.74, 6) is 0.985. The Morgan fingerprint density at radius 3 is 2.35 bits per heavy atom. The maximum Gasteiger partial charge on any atom is 0.179 e. The molecule has 20 heavy (non-hydrogen) atoms. The average molecular weight is 304 g/mol. The van der Waals surface area contributed by atoms with Crippen LogP contribution in [0.4, 0.5) is 0 Å². The number of rotatable bonds is 7. The number of benzene rings is 1.